The van der Waals surface area contributed by atoms with Gasteiger partial charge in [0.25, 0.3) is 0 Å². The van der Waals surface area contributed by atoms with Crippen molar-refractivity contribution in [2.45, 2.75) is 33.2 Å². The Morgan fingerprint density at radius 2 is 2.36 bits per heavy atom. The minimum absolute atomic E-state index is 0.165. The van der Waals surface area contributed by atoms with Crippen molar-refractivity contribution in [3.05, 3.63) is 17.5 Å². The molecule has 0 unspecified atom stereocenters. The molecule has 0 saturated carbocycles. The van der Waals surface area contributed by atoms with Gasteiger partial charge in [0.05, 0.1) is 0 Å². The molecular weight excluding hydrogens is 180 g/mol. The summed E-state index contributed by atoms with van der Waals surface area (Å²) in [5, 5.41) is 12.8. The molecule has 14 heavy (non-hydrogen) atoms. The van der Waals surface area contributed by atoms with Gasteiger partial charge >= 0.3 is 5.97 Å². The summed E-state index contributed by atoms with van der Waals surface area (Å²) in [5.41, 5.74) is 1.47. The summed E-state index contributed by atoms with van der Waals surface area (Å²) in [7, 11) is 0. The molecule has 0 atom stereocenters. The highest BCUT2D eigenvalue weighted by Crippen LogP contribution is 2.31. The smallest absolute Gasteiger partial charge is 0.356 e. The summed E-state index contributed by atoms with van der Waals surface area (Å²) in [6, 6.07) is 1.68. The van der Waals surface area contributed by atoms with Crippen LogP contribution in [-0.4, -0.2) is 20.9 Å². The van der Waals surface area contributed by atoms with Gasteiger partial charge in [-0.05, 0) is 24.3 Å². The van der Waals surface area contributed by atoms with Crippen LogP contribution in [0.2, 0.25) is 0 Å². The molecule has 0 saturated heterocycles. The molecule has 4 nitrogen and oxygen atoms in total. The van der Waals surface area contributed by atoms with Crippen molar-refractivity contribution in [1.29, 1.82) is 0 Å². The molecule has 0 radical (unpaired) electrons. The number of hydrogen-bond acceptors (Lipinski definition) is 2. The van der Waals surface area contributed by atoms with Crippen LogP contribution in [0.1, 0.15) is 36.5 Å². The van der Waals surface area contributed by atoms with E-state index in [1.54, 1.807) is 6.07 Å². The zero-order chi connectivity index (χ0) is 10.3. The van der Waals surface area contributed by atoms with E-state index >= 15 is 0 Å². The summed E-state index contributed by atoms with van der Waals surface area (Å²) in [4.78, 5) is 10.7. The van der Waals surface area contributed by atoms with Crippen LogP contribution in [0.25, 0.3) is 0 Å². The maximum atomic E-state index is 10.7. The van der Waals surface area contributed by atoms with Crippen molar-refractivity contribution < 1.29 is 9.90 Å². The van der Waals surface area contributed by atoms with Gasteiger partial charge < -0.3 is 5.11 Å². The first-order chi connectivity index (χ1) is 6.48. The van der Waals surface area contributed by atoms with Gasteiger partial charge in [-0.2, -0.15) is 5.10 Å². The van der Waals surface area contributed by atoms with Gasteiger partial charge in [0, 0.05) is 12.2 Å². The van der Waals surface area contributed by atoms with Gasteiger partial charge in [-0.1, -0.05) is 13.8 Å². The molecule has 1 aromatic heterocycles. The van der Waals surface area contributed by atoms with Gasteiger partial charge in [-0.25, -0.2) is 4.79 Å². The lowest BCUT2D eigenvalue weighted by Gasteiger charge is -2.29. The number of hydrogen-bond donors (Lipinski definition) is 1. The number of aryl methyl sites for hydroxylation is 1. The maximum Gasteiger partial charge on any atom is 0.356 e. The summed E-state index contributed by atoms with van der Waals surface area (Å²) in [6.07, 6.45) is 1.97. The Kier molecular flexibility index (Phi) is 1.87. The molecule has 2 heterocycles. The van der Waals surface area contributed by atoms with Crippen molar-refractivity contribution in [2.75, 3.05) is 0 Å². The van der Waals surface area contributed by atoms with E-state index in [2.05, 4.69) is 18.9 Å². The van der Waals surface area contributed by atoms with Crippen molar-refractivity contribution in [1.82, 2.24) is 9.78 Å². The Bertz CT molecular complexity index is 379. The summed E-state index contributed by atoms with van der Waals surface area (Å²) >= 11 is 0. The molecule has 0 aromatic carbocycles. The van der Waals surface area contributed by atoms with Crippen LogP contribution < -0.4 is 0 Å². The Labute approximate surface area is 82.5 Å². The number of carboxylic acids is 1. The Hall–Kier alpha value is -1.32. The molecule has 1 aliphatic rings. The minimum atomic E-state index is -0.940. The molecule has 1 aromatic rings. The Morgan fingerprint density at radius 3 is 3.00 bits per heavy atom. The van der Waals surface area contributed by atoms with E-state index in [9.17, 15) is 4.79 Å². The number of rotatable bonds is 1. The first kappa shape index (κ1) is 9.24. The highest BCUT2D eigenvalue weighted by molar-refractivity contribution is 5.85. The van der Waals surface area contributed by atoms with Crippen LogP contribution in [0.15, 0.2) is 6.07 Å². The minimum Gasteiger partial charge on any atom is -0.476 e. The monoisotopic (exact) mass is 194 g/mol. The van der Waals surface area contributed by atoms with E-state index in [0.29, 0.717) is 0 Å². The second-order valence-corrected chi connectivity index (χ2v) is 4.64. The van der Waals surface area contributed by atoms with Gasteiger partial charge in [-0.15, -0.1) is 0 Å². The van der Waals surface area contributed by atoms with Crippen molar-refractivity contribution in [3.8, 4) is 0 Å². The highest BCUT2D eigenvalue weighted by atomic mass is 16.4. The molecule has 0 bridgehead atoms. The second kappa shape index (κ2) is 2.83. The zero-order valence-corrected chi connectivity index (χ0v) is 8.45. The quantitative estimate of drug-likeness (QED) is 0.738. The first-order valence-corrected chi connectivity index (χ1v) is 4.78. The first-order valence-electron chi connectivity index (χ1n) is 4.78. The average molecular weight is 194 g/mol. The molecular formula is C10H14N2O2. The average Bonchev–Trinajstić information content (AvgIpc) is 2.45. The number of nitrogens with zero attached hydrogens (tertiary/aromatic N) is 2. The Morgan fingerprint density at radius 1 is 1.64 bits per heavy atom. The third-order valence-electron chi connectivity index (χ3n) is 2.74. The van der Waals surface area contributed by atoms with E-state index < -0.39 is 5.97 Å². The fourth-order valence-corrected chi connectivity index (χ4v) is 1.88. The number of carbonyl (C=O) groups is 1. The van der Waals surface area contributed by atoms with E-state index in [1.165, 1.54) is 0 Å². The van der Waals surface area contributed by atoms with Gasteiger partial charge in [0.2, 0.25) is 0 Å². The number of fused-ring (bicyclic) bond motifs is 1. The lowest BCUT2D eigenvalue weighted by molar-refractivity contribution is 0.0689. The van der Waals surface area contributed by atoms with Crippen LogP contribution in [0.3, 0.4) is 0 Å². The van der Waals surface area contributed by atoms with E-state index in [4.69, 9.17) is 5.11 Å². The lowest BCUT2D eigenvalue weighted by Crippen LogP contribution is -2.26. The van der Waals surface area contributed by atoms with Crippen LogP contribution in [0.5, 0.6) is 0 Å². The fourth-order valence-electron chi connectivity index (χ4n) is 1.88. The van der Waals surface area contributed by atoms with Gasteiger partial charge in [0.15, 0.2) is 5.69 Å². The molecule has 0 aliphatic carbocycles. The van der Waals surface area contributed by atoms with Crippen LogP contribution >= 0.6 is 0 Å². The van der Waals surface area contributed by atoms with Crippen LogP contribution in [-0.2, 0) is 13.0 Å². The molecule has 1 N–H and O–H groups in total. The Balaban J connectivity index is 2.34. The topological polar surface area (TPSA) is 55.1 Å². The number of aromatic nitrogens is 2. The lowest BCUT2D eigenvalue weighted by atomic mass is 9.82. The van der Waals surface area contributed by atoms with Crippen LogP contribution in [0.4, 0.5) is 0 Å². The fraction of sp³-hybridized carbons (Fsp3) is 0.600. The molecule has 0 fully saturated rings. The second-order valence-electron chi connectivity index (χ2n) is 4.64. The van der Waals surface area contributed by atoms with E-state index in [-0.39, 0.29) is 11.1 Å². The van der Waals surface area contributed by atoms with E-state index in [1.807, 2.05) is 4.68 Å². The molecule has 2 rings (SSSR count). The van der Waals surface area contributed by atoms with Gasteiger partial charge in [-0.3, -0.25) is 4.68 Å². The van der Waals surface area contributed by atoms with Crippen molar-refractivity contribution in [3.63, 3.8) is 0 Å². The summed E-state index contributed by atoms with van der Waals surface area (Å²) < 4.78 is 1.81. The highest BCUT2D eigenvalue weighted by Gasteiger charge is 2.27. The zero-order valence-electron chi connectivity index (χ0n) is 8.45. The molecule has 0 spiro atoms. The normalized spacial score (nSPS) is 19.0. The molecule has 76 valence electrons. The third-order valence-corrected chi connectivity index (χ3v) is 2.74. The summed E-state index contributed by atoms with van der Waals surface area (Å²) in [5.74, 6) is -0.940. The molecule has 0 amide bonds. The predicted octanol–water partition coefficient (Wildman–Crippen LogP) is 1.55. The molecule has 1 aliphatic heterocycles. The van der Waals surface area contributed by atoms with Crippen LogP contribution in [0, 0.1) is 5.41 Å². The predicted molar refractivity (Wildman–Crippen MR) is 51.3 cm³/mol. The third kappa shape index (κ3) is 1.52. The van der Waals surface area contributed by atoms with Crippen molar-refractivity contribution >= 4 is 5.97 Å². The number of aromatic carboxylic acids is 1. The number of carboxylic acid groups (broad SMARTS) is 1. The van der Waals surface area contributed by atoms with Crippen molar-refractivity contribution in [2.24, 2.45) is 5.41 Å². The van der Waals surface area contributed by atoms with Gasteiger partial charge in [0.1, 0.15) is 0 Å². The standard InChI is InChI=1S/C10H14N2O2/c1-10(2)3-4-12-7(6-10)5-8(11-12)9(13)14/h5H,3-4,6H2,1-2H3,(H,13,14). The largest absolute Gasteiger partial charge is 0.476 e. The molecule has 4 heteroatoms. The maximum absolute atomic E-state index is 10.7. The summed E-state index contributed by atoms with van der Waals surface area (Å²) in [6.45, 7) is 5.23. The SMILES string of the molecule is CC1(C)CCn2nc(C(=O)O)cc2C1. The van der Waals surface area contributed by atoms with E-state index in [0.717, 1.165) is 25.1 Å².